The third kappa shape index (κ3) is 3.96. The van der Waals surface area contributed by atoms with Crippen molar-refractivity contribution >= 4 is 33.6 Å². The maximum atomic E-state index is 12.2. The maximum absolute atomic E-state index is 12.2. The van der Waals surface area contributed by atoms with Gasteiger partial charge in [-0.25, -0.2) is 4.79 Å². The van der Waals surface area contributed by atoms with Crippen molar-refractivity contribution in [1.82, 2.24) is 5.32 Å². The fourth-order valence-corrected chi connectivity index (χ4v) is 2.42. The summed E-state index contributed by atoms with van der Waals surface area (Å²) < 4.78 is 0.878. The highest BCUT2D eigenvalue weighted by Crippen LogP contribution is 2.30. The monoisotopic (exact) mass is 326 g/mol. The molecule has 0 heterocycles. The maximum Gasteiger partial charge on any atom is 0.328 e. The van der Waals surface area contributed by atoms with Crippen molar-refractivity contribution in [3.63, 3.8) is 0 Å². The Kier molecular flexibility index (Phi) is 5.82. The van der Waals surface area contributed by atoms with Crippen molar-refractivity contribution in [2.24, 2.45) is 10.7 Å². The van der Waals surface area contributed by atoms with E-state index in [4.69, 9.17) is 5.73 Å². The molecule has 0 saturated carbocycles. The number of amides is 2. The molecule has 19 heavy (non-hydrogen) atoms. The van der Waals surface area contributed by atoms with Gasteiger partial charge < -0.3 is 5.73 Å². The van der Waals surface area contributed by atoms with Crippen LogP contribution in [0, 0.1) is 6.92 Å². The van der Waals surface area contributed by atoms with Gasteiger partial charge in [0.1, 0.15) is 0 Å². The fourth-order valence-electron chi connectivity index (χ4n) is 1.74. The zero-order valence-electron chi connectivity index (χ0n) is 11.4. The van der Waals surface area contributed by atoms with E-state index < -0.39 is 0 Å². The number of halogens is 1. The molecule has 0 aliphatic heterocycles. The minimum Gasteiger partial charge on any atom is -0.370 e. The van der Waals surface area contributed by atoms with E-state index in [9.17, 15) is 4.79 Å². The highest BCUT2D eigenvalue weighted by atomic mass is 79.9. The SMILES string of the molecule is CCCN(C(=O)NC(N)=NC)c1c(C)cccc1Br. The van der Waals surface area contributed by atoms with Gasteiger partial charge in [0.05, 0.1) is 5.69 Å². The van der Waals surface area contributed by atoms with Crippen LogP contribution in [0.2, 0.25) is 0 Å². The second-order valence-electron chi connectivity index (χ2n) is 4.10. The van der Waals surface area contributed by atoms with E-state index >= 15 is 0 Å². The van der Waals surface area contributed by atoms with Gasteiger partial charge in [-0.05, 0) is 40.9 Å². The van der Waals surface area contributed by atoms with Crippen molar-refractivity contribution in [2.75, 3.05) is 18.5 Å². The van der Waals surface area contributed by atoms with E-state index in [0.29, 0.717) is 6.54 Å². The van der Waals surface area contributed by atoms with E-state index in [-0.39, 0.29) is 12.0 Å². The third-order valence-corrected chi connectivity index (χ3v) is 3.27. The number of carbonyl (C=O) groups is 1. The first-order valence-electron chi connectivity index (χ1n) is 6.07. The van der Waals surface area contributed by atoms with Gasteiger partial charge in [0.2, 0.25) is 0 Å². The molecule has 0 aromatic heterocycles. The highest BCUT2D eigenvalue weighted by molar-refractivity contribution is 9.10. The Morgan fingerprint density at radius 2 is 2.21 bits per heavy atom. The molecule has 0 aliphatic carbocycles. The van der Waals surface area contributed by atoms with Gasteiger partial charge in [-0.15, -0.1) is 0 Å². The summed E-state index contributed by atoms with van der Waals surface area (Å²) in [6.07, 6.45) is 0.845. The molecule has 0 saturated heterocycles. The first-order valence-corrected chi connectivity index (χ1v) is 6.86. The molecule has 2 amide bonds. The molecule has 1 rings (SSSR count). The quantitative estimate of drug-likeness (QED) is 0.662. The first-order chi connectivity index (χ1) is 9.01. The second-order valence-corrected chi connectivity index (χ2v) is 4.95. The fraction of sp³-hybridized carbons (Fsp3) is 0.385. The van der Waals surface area contributed by atoms with Crippen LogP contribution in [-0.4, -0.2) is 25.6 Å². The zero-order chi connectivity index (χ0) is 14.4. The molecule has 3 N–H and O–H groups in total. The van der Waals surface area contributed by atoms with Gasteiger partial charge in [0.25, 0.3) is 0 Å². The van der Waals surface area contributed by atoms with Crippen LogP contribution in [0.15, 0.2) is 27.7 Å². The molecule has 6 heteroatoms. The summed E-state index contributed by atoms with van der Waals surface area (Å²) in [7, 11) is 1.53. The second kappa shape index (κ2) is 7.13. The molecular formula is C13H19BrN4O. The van der Waals surface area contributed by atoms with E-state index in [1.54, 1.807) is 4.90 Å². The lowest BCUT2D eigenvalue weighted by Crippen LogP contribution is -2.46. The molecule has 1 aromatic rings. The molecule has 104 valence electrons. The standard InChI is InChI=1S/C13H19BrN4O/c1-4-8-18(13(19)17-12(15)16-3)11-9(2)6-5-7-10(11)14/h5-7H,4,8H2,1-3H3,(H3,15,16,17,19). The summed E-state index contributed by atoms with van der Waals surface area (Å²) >= 11 is 3.49. The van der Waals surface area contributed by atoms with Gasteiger partial charge in [-0.1, -0.05) is 19.1 Å². The molecular weight excluding hydrogens is 308 g/mol. The minimum absolute atomic E-state index is 0.107. The van der Waals surface area contributed by atoms with E-state index in [1.165, 1.54) is 7.05 Å². The number of benzene rings is 1. The number of guanidine groups is 1. The van der Waals surface area contributed by atoms with Crippen LogP contribution in [0.3, 0.4) is 0 Å². The van der Waals surface area contributed by atoms with Gasteiger partial charge in [-0.3, -0.25) is 15.2 Å². The number of rotatable bonds is 3. The van der Waals surface area contributed by atoms with E-state index in [1.807, 2.05) is 32.0 Å². The van der Waals surface area contributed by atoms with Crippen molar-refractivity contribution in [3.05, 3.63) is 28.2 Å². The molecule has 0 spiro atoms. The van der Waals surface area contributed by atoms with Crippen molar-refractivity contribution in [1.29, 1.82) is 0 Å². The van der Waals surface area contributed by atoms with Crippen LogP contribution in [0.25, 0.3) is 0 Å². The van der Waals surface area contributed by atoms with Crippen LogP contribution in [0.4, 0.5) is 10.5 Å². The summed E-state index contributed by atoms with van der Waals surface area (Å²) in [6.45, 7) is 4.59. The third-order valence-electron chi connectivity index (χ3n) is 2.63. The number of anilines is 1. The molecule has 0 atom stereocenters. The Hall–Kier alpha value is -1.56. The van der Waals surface area contributed by atoms with Gasteiger partial charge in [0, 0.05) is 18.1 Å². The normalized spacial score (nSPS) is 11.3. The summed E-state index contributed by atoms with van der Waals surface area (Å²) in [5.41, 5.74) is 7.41. The predicted octanol–water partition coefficient (Wildman–Crippen LogP) is 2.63. The number of aryl methyl sites for hydroxylation is 1. The van der Waals surface area contributed by atoms with E-state index in [0.717, 1.165) is 22.1 Å². The molecule has 5 nitrogen and oxygen atoms in total. The topological polar surface area (TPSA) is 70.7 Å². The lowest BCUT2D eigenvalue weighted by molar-refractivity contribution is 0.250. The van der Waals surface area contributed by atoms with Gasteiger partial charge in [0.15, 0.2) is 5.96 Å². The summed E-state index contributed by atoms with van der Waals surface area (Å²) in [6, 6.07) is 5.54. The number of nitrogens with two attached hydrogens (primary N) is 1. The largest absolute Gasteiger partial charge is 0.370 e. The first kappa shape index (κ1) is 15.5. The molecule has 0 bridgehead atoms. The predicted molar refractivity (Wildman–Crippen MR) is 82.6 cm³/mol. The van der Waals surface area contributed by atoms with Crippen molar-refractivity contribution in [2.45, 2.75) is 20.3 Å². The van der Waals surface area contributed by atoms with Crippen molar-refractivity contribution < 1.29 is 4.79 Å². The van der Waals surface area contributed by atoms with Gasteiger partial charge >= 0.3 is 6.03 Å². The smallest absolute Gasteiger partial charge is 0.328 e. The van der Waals surface area contributed by atoms with Crippen molar-refractivity contribution in [3.8, 4) is 0 Å². The Labute approximate surface area is 122 Å². The van der Waals surface area contributed by atoms with Crippen LogP contribution in [0.1, 0.15) is 18.9 Å². The number of para-hydroxylation sites is 1. The number of nitrogens with zero attached hydrogens (tertiary/aromatic N) is 2. The summed E-state index contributed by atoms with van der Waals surface area (Å²) in [5, 5.41) is 2.56. The highest BCUT2D eigenvalue weighted by Gasteiger charge is 2.19. The Morgan fingerprint density at radius 1 is 1.53 bits per heavy atom. The number of carbonyl (C=O) groups excluding carboxylic acids is 1. The zero-order valence-corrected chi connectivity index (χ0v) is 13.0. The molecule has 0 unspecified atom stereocenters. The van der Waals surface area contributed by atoms with Crippen LogP contribution in [-0.2, 0) is 0 Å². The lowest BCUT2D eigenvalue weighted by Gasteiger charge is -2.25. The molecule has 0 fully saturated rings. The van der Waals surface area contributed by atoms with E-state index in [2.05, 4.69) is 26.2 Å². The number of hydrogen-bond donors (Lipinski definition) is 2. The molecule has 1 aromatic carbocycles. The molecule has 0 aliphatic rings. The van der Waals surface area contributed by atoms with Crippen LogP contribution >= 0.6 is 15.9 Å². The minimum atomic E-state index is -0.278. The number of aliphatic imine (C=N–C) groups is 1. The molecule has 0 radical (unpaired) electrons. The number of urea groups is 1. The number of nitrogens with one attached hydrogen (secondary N) is 1. The summed E-state index contributed by atoms with van der Waals surface area (Å²) in [4.78, 5) is 17.6. The van der Waals surface area contributed by atoms with Crippen LogP contribution < -0.4 is 16.0 Å². The van der Waals surface area contributed by atoms with Crippen LogP contribution in [0.5, 0.6) is 0 Å². The lowest BCUT2D eigenvalue weighted by atomic mass is 10.2. The Bertz CT molecular complexity index is 467. The van der Waals surface area contributed by atoms with Gasteiger partial charge in [-0.2, -0.15) is 0 Å². The summed E-state index contributed by atoms with van der Waals surface area (Å²) in [5.74, 6) is 0.107. The number of hydrogen-bond acceptors (Lipinski definition) is 2. The Balaban J connectivity index is 3.10. The average Bonchev–Trinajstić information content (AvgIpc) is 2.37. The Morgan fingerprint density at radius 3 is 2.74 bits per heavy atom. The average molecular weight is 327 g/mol.